The number of unbranched alkanes of at least 4 members (excludes halogenated alkanes) is 1. The smallest absolute Gasteiger partial charge is 0.123 e. The molecule has 0 aromatic heterocycles. The van der Waals surface area contributed by atoms with Gasteiger partial charge >= 0.3 is 0 Å². The molecule has 3 heteroatoms. The van der Waals surface area contributed by atoms with Crippen LogP contribution in [0.2, 0.25) is 0 Å². The Labute approximate surface area is 96.8 Å². The standard InChI is InChI=1S/C13H20FNO/c1-11(15-9-3-4-10-16-2)12-5-7-13(14)8-6-12/h5-8,11,15H,3-4,9-10H2,1-2H3/t11-/m0/s1. The Bertz CT molecular complexity index is 286. The molecule has 0 aliphatic heterocycles. The Morgan fingerprint density at radius 1 is 1.25 bits per heavy atom. The summed E-state index contributed by atoms with van der Waals surface area (Å²) in [4.78, 5) is 0. The lowest BCUT2D eigenvalue weighted by Crippen LogP contribution is -2.20. The van der Waals surface area contributed by atoms with E-state index in [0.717, 1.165) is 31.6 Å². The third kappa shape index (κ3) is 4.73. The van der Waals surface area contributed by atoms with Gasteiger partial charge in [0.05, 0.1) is 0 Å². The lowest BCUT2D eigenvalue weighted by molar-refractivity contribution is 0.192. The fourth-order valence-electron chi connectivity index (χ4n) is 1.56. The number of hydrogen-bond acceptors (Lipinski definition) is 2. The first kappa shape index (κ1) is 13.1. The highest BCUT2D eigenvalue weighted by Gasteiger charge is 2.03. The van der Waals surface area contributed by atoms with Crippen LogP contribution in [0.15, 0.2) is 24.3 Å². The van der Waals surface area contributed by atoms with Gasteiger partial charge < -0.3 is 10.1 Å². The van der Waals surface area contributed by atoms with Gasteiger partial charge in [-0.1, -0.05) is 12.1 Å². The SMILES string of the molecule is COCCCCN[C@@H](C)c1ccc(F)cc1. The van der Waals surface area contributed by atoms with E-state index >= 15 is 0 Å². The normalized spacial score (nSPS) is 12.7. The van der Waals surface area contributed by atoms with Gasteiger partial charge in [-0.2, -0.15) is 0 Å². The van der Waals surface area contributed by atoms with Crippen molar-refractivity contribution in [1.29, 1.82) is 0 Å². The van der Waals surface area contributed by atoms with Gasteiger partial charge in [0.25, 0.3) is 0 Å². The van der Waals surface area contributed by atoms with Crippen LogP contribution in [-0.2, 0) is 4.74 Å². The van der Waals surface area contributed by atoms with Crippen LogP contribution in [0.1, 0.15) is 31.4 Å². The van der Waals surface area contributed by atoms with Crippen LogP contribution < -0.4 is 5.32 Å². The average molecular weight is 225 g/mol. The van der Waals surface area contributed by atoms with Gasteiger partial charge in [-0.15, -0.1) is 0 Å². The second kappa shape index (κ2) is 7.36. The van der Waals surface area contributed by atoms with Gasteiger partial charge in [0.15, 0.2) is 0 Å². The maximum absolute atomic E-state index is 12.7. The van der Waals surface area contributed by atoms with Crippen LogP contribution in [0, 0.1) is 5.82 Å². The number of ether oxygens (including phenoxy) is 1. The Morgan fingerprint density at radius 3 is 2.56 bits per heavy atom. The van der Waals surface area contributed by atoms with Gasteiger partial charge in [0.2, 0.25) is 0 Å². The number of halogens is 1. The van der Waals surface area contributed by atoms with Crippen molar-refractivity contribution in [2.24, 2.45) is 0 Å². The first-order chi connectivity index (χ1) is 7.74. The molecule has 0 saturated heterocycles. The fourth-order valence-corrected chi connectivity index (χ4v) is 1.56. The third-order valence-electron chi connectivity index (χ3n) is 2.60. The van der Waals surface area contributed by atoms with Crippen molar-refractivity contribution in [2.45, 2.75) is 25.8 Å². The summed E-state index contributed by atoms with van der Waals surface area (Å²) in [6.45, 7) is 3.86. The van der Waals surface area contributed by atoms with Gasteiger partial charge in [-0.3, -0.25) is 0 Å². The number of rotatable bonds is 7. The average Bonchev–Trinajstić information content (AvgIpc) is 2.29. The van der Waals surface area contributed by atoms with Crippen LogP contribution in [-0.4, -0.2) is 20.3 Å². The summed E-state index contributed by atoms with van der Waals surface area (Å²) < 4.78 is 17.7. The topological polar surface area (TPSA) is 21.3 Å². The van der Waals surface area contributed by atoms with Gasteiger partial charge in [-0.05, 0) is 44.0 Å². The summed E-state index contributed by atoms with van der Waals surface area (Å²) in [5.74, 6) is -0.184. The molecule has 1 aromatic rings. The van der Waals surface area contributed by atoms with Gasteiger partial charge in [0, 0.05) is 19.8 Å². The molecule has 1 aromatic carbocycles. The highest BCUT2D eigenvalue weighted by Crippen LogP contribution is 2.12. The largest absolute Gasteiger partial charge is 0.385 e. The predicted molar refractivity (Wildman–Crippen MR) is 63.9 cm³/mol. The maximum Gasteiger partial charge on any atom is 0.123 e. The van der Waals surface area contributed by atoms with E-state index in [0.29, 0.717) is 0 Å². The molecule has 0 heterocycles. The summed E-state index contributed by atoms with van der Waals surface area (Å²) in [5, 5.41) is 3.40. The van der Waals surface area contributed by atoms with Crippen molar-refractivity contribution >= 4 is 0 Å². The summed E-state index contributed by atoms with van der Waals surface area (Å²) in [7, 11) is 1.72. The molecule has 1 rings (SSSR count). The quantitative estimate of drug-likeness (QED) is 0.720. The van der Waals surface area contributed by atoms with E-state index < -0.39 is 0 Å². The van der Waals surface area contributed by atoms with E-state index in [4.69, 9.17) is 4.74 Å². The zero-order chi connectivity index (χ0) is 11.8. The molecule has 0 radical (unpaired) electrons. The molecule has 0 saturated carbocycles. The van der Waals surface area contributed by atoms with Crippen LogP contribution in [0.5, 0.6) is 0 Å². The monoisotopic (exact) mass is 225 g/mol. The molecule has 90 valence electrons. The predicted octanol–water partition coefficient (Wildman–Crippen LogP) is 2.90. The van der Waals surface area contributed by atoms with E-state index in [1.165, 1.54) is 12.1 Å². The van der Waals surface area contributed by atoms with Crippen molar-refractivity contribution in [2.75, 3.05) is 20.3 Å². The fraction of sp³-hybridized carbons (Fsp3) is 0.538. The lowest BCUT2D eigenvalue weighted by atomic mass is 10.1. The molecule has 0 aliphatic carbocycles. The van der Waals surface area contributed by atoms with Crippen molar-refractivity contribution < 1.29 is 9.13 Å². The first-order valence-corrected chi connectivity index (χ1v) is 5.72. The summed E-state index contributed by atoms with van der Waals surface area (Å²) >= 11 is 0. The van der Waals surface area contributed by atoms with Crippen LogP contribution in [0.25, 0.3) is 0 Å². The molecular weight excluding hydrogens is 205 g/mol. The molecule has 0 bridgehead atoms. The zero-order valence-electron chi connectivity index (χ0n) is 10.0. The molecule has 1 atom stereocenters. The molecule has 16 heavy (non-hydrogen) atoms. The van der Waals surface area contributed by atoms with Crippen molar-refractivity contribution in [1.82, 2.24) is 5.32 Å². The Balaban J connectivity index is 2.24. The Hall–Kier alpha value is -0.930. The Morgan fingerprint density at radius 2 is 1.94 bits per heavy atom. The maximum atomic E-state index is 12.7. The molecule has 0 spiro atoms. The van der Waals surface area contributed by atoms with Gasteiger partial charge in [-0.25, -0.2) is 4.39 Å². The van der Waals surface area contributed by atoms with E-state index in [1.807, 2.05) is 12.1 Å². The zero-order valence-corrected chi connectivity index (χ0v) is 10.0. The third-order valence-corrected chi connectivity index (χ3v) is 2.60. The summed E-state index contributed by atoms with van der Waals surface area (Å²) in [6, 6.07) is 6.91. The second-order valence-electron chi connectivity index (χ2n) is 3.93. The number of hydrogen-bond donors (Lipinski definition) is 1. The summed E-state index contributed by atoms with van der Waals surface area (Å²) in [6.07, 6.45) is 2.17. The van der Waals surface area contributed by atoms with Crippen molar-refractivity contribution in [3.8, 4) is 0 Å². The highest BCUT2D eigenvalue weighted by atomic mass is 19.1. The van der Waals surface area contributed by atoms with E-state index in [9.17, 15) is 4.39 Å². The van der Waals surface area contributed by atoms with E-state index in [1.54, 1.807) is 7.11 Å². The van der Waals surface area contributed by atoms with Crippen LogP contribution in [0.4, 0.5) is 4.39 Å². The van der Waals surface area contributed by atoms with Gasteiger partial charge in [0.1, 0.15) is 5.82 Å². The molecular formula is C13H20FNO. The molecule has 2 nitrogen and oxygen atoms in total. The second-order valence-corrected chi connectivity index (χ2v) is 3.93. The first-order valence-electron chi connectivity index (χ1n) is 5.72. The minimum Gasteiger partial charge on any atom is -0.385 e. The number of benzene rings is 1. The van der Waals surface area contributed by atoms with Crippen molar-refractivity contribution in [3.63, 3.8) is 0 Å². The number of nitrogens with one attached hydrogen (secondary N) is 1. The van der Waals surface area contributed by atoms with Crippen LogP contribution in [0.3, 0.4) is 0 Å². The molecule has 1 N–H and O–H groups in total. The molecule has 0 unspecified atom stereocenters. The van der Waals surface area contributed by atoms with Crippen molar-refractivity contribution in [3.05, 3.63) is 35.6 Å². The minimum absolute atomic E-state index is 0.184. The molecule has 0 aliphatic rings. The van der Waals surface area contributed by atoms with Crippen LogP contribution >= 0.6 is 0 Å². The minimum atomic E-state index is -0.184. The lowest BCUT2D eigenvalue weighted by Gasteiger charge is -2.14. The molecule has 0 amide bonds. The highest BCUT2D eigenvalue weighted by molar-refractivity contribution is 5.19. The summed E-state index contributed by atoms with van der Waals surface area (Å²) in [5.41, 5.74) is 1.12. The molecule has 0 fully saturated rings. The van der Waals surface area contributed by atoms with E-state index in [-0.39, 0.29) is 11.9 Å². The Kier molecular flexibility index (Phi) is 6.04. The number of methoxy groups -OCH3 is 1. The van der Waals surface area contributed by atoms with E-state index in [2.05, 4.69) is 12.2 Å².